The number of Topliss-reactive ketones (excluding diaryl/α,β-unsaturated/α-hetero) is 1. The highest BCUT2D eigenvalue weighted by Gasteiger charge is 2.41. The Morgan fingerprint density at radius 3 is 2.13 bits per heavy atom. The molecule has 0 fully saturated rings. The van der Waals surface area contributed by atoms with Gasteiger partial charge >= 0.3 is 0 Å². The minimum Gasteiger partial charge on any atom is -0.493 e. The number of hydrazone groups is 1. The van der Waals surface area contributed by atoms with E-state index in [2.05, 4.69) is 0 Å². The van der Waals surface area contributed by atoms with E-state index in [9.17, 15) is 4.79 Å². The number of rotatable bonds is 9. The Labute approximate surface area is 229 Å². The van der Waals surface area contributed by atoms with Crippen molar-refractivity contribution >= 4 is 28.7 Å². The Morgan fingerprint density at radius 2 is 1.51 bits per heavy atom. The van der Waals surface area contributed by atoms with Gasteiger partial charge in [0.2, 0.25) is 0 Å². The van der Waals surface area contributed by atoms with Gasteiger partial charge in [0.25, 0.3) is 0 Å². The van der Waals surface area contributed by atoms with E-state index in [0.717, 1.165) is 28.2 Å². The van der Waals surface area contributed by atoms with E-state index in [0.29, 0.717) is 23.9 Å². The van der Waals surface area contributed by atoms with E-state index in [1.54, 1.807) is 14.0 Å². The van der Waals surface area contributed by atoms with Crippen molar-refractivity contribution < 1.29 is 14.3 Å². The predicted octanol–water partition coefficient (Wildman–Crippen LogP) is 6.27. The van der Waals surface area contributed by atoms with Crippen molar-refractivity contribution in [3.05, 3.63) is 114 Å². The molecule has 7 nitrogen and oxygen atoms in total. The maximum Gasteiger partial charge on any atom is 0.198 e. The maximum absolute atomic E-state index is 13.0. The number of ether oxygens (including phenoxy) is 2. The summed E-state index contributed by atoms with van der Waals surface area (Å²) in [6.45, 7) is 1.91. The van der Waals surface area contributed by atoms with Gasteiger partial charge in [0.05, 0.1) is 12.8 Å². The number of para-hydroxylation sites is 2. The first-order chi connectivity index (χ1) is 19.0. The van der Waals surface area contributed by atoms with Crippen molar-refractivity contribution in [2.75, 3.05) is 36.0 Å². The van der Waals surface area contributed by atoms with Crippen LogP contribution in [0.2, 0.25) is 0 Å². The molecule has 5 rings (SSSR count). The number of methoxy groups -OCH3 is 1. The van der Waals surface area contributed by atoms with Crippen LogP contribution in [0.5, 0.6) is 11.5 Å². The first-order valence-electron chi connectivity index (χ1n) is 12.8. The van der Waals surface area contributed by atoms with Crippen molar-refractivity contribution in [3.63, 3.8) is 0 Å². The number of hydrogen-bond donors (Lipinski definition) is 0. The van der Waals surface area contributed by atoms with E-state index in [4.69, 9.17) is 14.6 Å². The number of carbonyl (C=O) groups is 1. The largest absolute Gasteiger partial charge is 0.493 e. The Bertz CT molecular complexity index is 1450. The van der Waals surface area contributed by atoms with Gasteiger partial charge in [0, 0.05) is 38.0 Å². The average molecular weight is 521 g/mol. The van der Waals surface area contributed by atoms with Crippen molar-refractivity contribution in [2.24, 2.45) is 5.10 Å². The lowest BCUT2D eigenvalue weighted by atomic mass is 10.1. The molecule has 0 saturated heterocycles. The molecule has 1 aliphatic rings. The third-order valence-electron chi connectivity index (χ3n) is 6.62. The summed E-state index contributed by atoms with van der Waals surface area (Å²) >= 11 is 0. The standard InChI is InChI=1S/C32H32N4O3/c1-23(37)31-33-36(27-14-9-6-10-15-27)32(35(31)26-20-18-25(19-21-26)34(2)3)28-16-11-17-29(38-4)30(28)39-22-24-12-7-5-8-13-24/h5-21,32H,22H2,1-4H3/t32-/m0/s1. The SMILES string of the molecule is COc1cccc([C@@H]2N(c3ccccc3)N=C(C(C)=O)N2c2ccc(N(C)C)cc2)c1OCc1ccccc1. The van der Waals surface area contributed by atoms with Gasteiger partial charge in [0.15, 0.2) is 29.3 Å². The molecule has 4 aromatic carbocycles. The van der Waals surface area contributed by atoms with E-state index in [1.165, 1.54) is 0 Å². The molecule has 0 spiro atoms. The molecule has 1 aliphatic heterocycles. The topological polar surface area (TPSA) is 57.6 Å². The smallest absolute Gasteiger partial charge is 0.198 e. The highest BCUT2D eigenvalue weighted by Crippen LogP contribution is 2.45. The average Bonchev–Trinajstić information content (AvgIpc) is 3.38. The lowest BCUT2D eigenvalue weighted by Gasteiger charge is -2.33. The van der Waals surface area contributed by atoms with Gasteiger partial charge in [-0.3, -0.25) is 9.69 Å². The van der Waals surface area contributed by atoms with Crippen LogP contribution >= 0.6 is 0 Å². The summed E-state index contributed by atoms with van der Waals surface area (Å²) in [5.41, 5.74) is 4.62. The summed E-state index contributed by atoms with van der Waals surface area (Å²) in [4.78, 5) is 17.0. The highest BCUT2D eigenvalue weighted by molar-refractivity contribution is 6.44. The highest BCUT2D eigenvalue weighted by atomic mass is 16.5. The molecule has 0 bridgehead atoms. The molecule has 0 radical (unpaired) electrons. The number of nitrogens with zero attached hydrogens (tertiary/aromatic N) is 4. The molecule has 0 amide bonds. The second-order valence-corrected chi connectivity index (χ2v) is 9.47. The zero-order valence-corrected chi connectivity index (χ0v) is 22.6. The third kappa shape index (κ3) is 5.29. The van der Waals surface area contributed by atoms with Crippen LogP contribution in [0, 0.1) is 0 Å². The fraction of sp³-hybridized carbons (Fsp3) is 0.188. The molecule has 0 unspecified atom stereocenters. The third-order valence-corrected chi connectivity index (χ3v) is 6.62. The maximum atomic E-state index is 13.0. The van der Waals surface area contributed by atoms with Crippen molar-refractivity contribution in [3.8, 4) is 11.5 Å². The fourth-order valence-electron chi connectivity index (χ4n) is 4.68. The Balaban J connectivity index is 1.66. The summed E-state index contributed by atoms with van der Waals surface area (Å²) in [6, 6.07) is 33.8. The van der Waals surface area contributed by atoms with Crippen LogP contribution in [-0.2, 0) is 11.4 Å². The minimum absolute atomic E-state index is 0.134. The molecule has 0 aromatic heterocycles. The zero-order valence-electron chi connectivity index (χ0n) is 22.6. The molecule has 4 aromatic rings. The number of carbonyl (C=O) groups excluding carboxylic acids is 1. The van der Waals surface area contributed by atoms with Gasteiger partial charge < -0.3 is 14.4 Å². The Hall–Kier alpha value is -4.78. The van der Waals surface area contributed by atoms with Crippen LogP contribution in [0.4, 0.5) is 17.1 Å². The van der Waals surface area contributed by atoms with Crippen LogP contribution in [0.25, 0.3) is 0 Å². The molecular weight excluding hydrogens is 488 g/mol. The van der Waals surface area contributed by atoms with E-state index in [1.807, 2.05) is 132 Å². The second kappa shape index (κ2) is 11.3. The summed E-state index contributed by atoms with van der Waals surface area (Å²) < 4.78 is 12.2. The fourth-order valence-corrected chi connectivity index (χ4v) is 4.68. The molecule has 39 heavy (non-hydrogen) atoms. The van der Waals surface area contributed by atoms with Crippen molar-refractivity contribution in [2.45, 2.75) is 19.7 Å². The van der Waals surface area contributed by atoms with Crippen LogP contribution in [-0.4, -0.2) is 32.8 Å². The van der Waals surface area contributed by atoms with Gasteiger partial charge in [-0.15, -0.1) is 5.10 Å². The summed E-state index contributed by atoms with van der Waals surface area (Å²) in [5, 5.41) is 6.74. The quantitative estimate of drug-likeness (QED) is 0.259. The number of anilines is 3. The minimum atomic E-state index is -0.502. The van der Waals surface area contributed by atoms with E-state index in [-0.39, 0.29) is 5.78 Å². The molecule has 0 aliphatic carbocycles. The van der Waals surface area contributed by atoms with E-state index < -0.39 is 6.17 Å². The molecule has 0 N–H and O–H groups in total. The van der Waals surface area contributed by atoms with E-state index >= 15 is 0 Å². The van der Waals surface area contributed by atoms with Gasteiger partial charge in [-0.1, -0.05) is 60.7 Å². The van der Waals surface area contributed by atoms with Gasteiger partial charge in [-0.25, -0.2) is 5.01 Å². The second-order valence-electron chi connectivity index (χ2n) is 9.47. The van der Waals surface area contributed by atoms with Crippen LogP contribution in [0.15, 0.2) is 108 Å². The first-order valence-corrected chi connectivity index (χ1v) is 12.8. The summed E-state index contributed by atoms with van der Waals surface area (Å²) in [6.07, 6.45) is -0.502. The van der Waals surface area contributed by atoms with Crippen LogP contribution < -0.4 is 24.3 Å². The van der Waals surface area contributed by atoms with Crippen molar-refractivity contribution in [1.29, 1.82) is 0 Å². The summed E-state index contributed by atoms with van der Waals surface area (Å²) in [5.74, 6) is 1.42. The predicted molar refractivity (Wildman–Crippen MR) is 157 cm³/mol. The lowest BCUT2D eigenvalue weighted by molar-refractivity contribution is -0.111. The van der Waals surface area contributed by atoms with Gasteiger partial charge in [-0.2, -0.15) is 0 Å². The lowest BCUT2D eigenvalue weighted by Crippen LogP contribution is -2.38. The summed E-state index contributed by atoms with van der Waals surface area (Å²) in [7, 11) is 5.63. The molecule has 1 heterocycles. The Morgan fingerprint density at radius 1 is 0.846 bits per heavy atom. The monoisotopic (exact) mass is 520 g/mol. The van der Waals surface area contributed by atoms with Crippen LogP contribution in [0.3, 0.4) is 0 Å². The van der Waals surface area contributed by atoms with Gasteiger partial charge in [-0.05, 0) is 48.0 Å². The molecule has 1 atom stereocenters. The number of amidine groups is 1. The first kappa shape index (κ1) is 25.9. The molecule has 0 saturated carbocycles. The van der Waals surface area contributed by atoms with Crippen LogP contribution in [0.1, 0.15) is 24.2 Å². The molecular formula is C32H32N4O3. The molecule has 198 valence electrons. The number of hydrogen-bond acceptors (Lipinski definition) is 7. The molecule has 7 heteroatoms. The zero-order chi connectivity index (χ0) is 27.4. The van der Waals surface area contributed by atoms with Gasteiger partial charge in [0.1, 0.15) is 6.61 Å². The number of benzene rings is 4. The van der Waals surface area contributed by atoms with Crippen molar-refractivity contribution in [1.82, 2.24) is 0 Å². The Kier molecular flexibility index (Phi) is 7.50. The normalized spacial score (nSPS) is 14.7. The number of ketones is 1.